The number of rotatable bonds is 6. The molecular formula is C25H27FN2O2S. The van der Waals surface area contributed by atoms with Gasteiger partial charge in [0, 0.05) is 25.7 Å². The van der Waals surface area contributed by atoms with Crippen molar-refractivity contribution in [1.82, 2.24) is 4.90 Å². The summed E-state index contributed by atoms with van der Waals surface area (Å²) in [6.07, 6.45) is 1.44. The minimum absolute atomic E-state index is 0.176. The van der Waals surface area contributed by atoms with Gasteiger partial charge in [0.05, 0.1) is 10.6 Å². The van der Waals surface area contributed by atoms with E-state index in [1.807, 2.05) is 0 Å². The molecule has 1 heterocycles. The van der Waals surface area contributed by atoms with Crippen molar-refractivity contribution in [3.8, 4) is 0 Å². The van der Waals surface area contributed by atoms with Crippen molar-refractivity contribution in [3.05, 3.63) is 95.8 Å². The Morgan fingerprint density at radius 2 is 1.52 bits per heavy atom. The zero-order valence-electron chi connectivity index (χ0n) is 17.6. The number of benzene rings is 3. The maximum absolute atomic E-state index is 13.5. The second-order valence-corrected chi connectivity index (χ2v) is 9.90. The number of aryl methyl sites for hydroxylation is 1. The molecule has 0 saturated carbocycles. The molecule has 1 fully saturated rings. The highest BCUT2D eigenvalue weighted by Gasteiger charge is 2.34. The second-order valence-electron chi connectivity index (χ2n) is 8.08. The number of hydrogen-bond donors (Lipinski definition) is 0. The second kappa shape index (κ2) is 9.20. The monoisotopic (exact) mass is 438 g/mol. The first-order chi connectivity index (χ1) is 14.9. The van der Waals surface area contributed by atoms with Crippen LogP contribution in [0.2, 0.25) is 0 Å². The van der Waals surface area contributed by atoms with Crippen molar-refractivity contribution in [2.45, 2.75) is 37.2 Å². The molecule has 0 bridgehead atoms. The normalized spacial score (nSPS) is 15.7. The fourth-order valence-electron chi connectivity index (χ4n) is 4.10. The van der Waals surface area contributed by atoms with Crippen LogP contribution in [0.4, 0.5) is 10.1 Å². The lowest BCUT2D eigenvalue weighted by Crippen LogP contribution is -2.47. The molecule has 1 aliphatic rings. The Bertz CT molecular complexity index is 1090. The average molecular weight is 439 g/mol. The summed E-state index contributed by atoms with van der Waals surface area (Å²) in [6.45, 7) is 4.54. The topological polar surface area (TPSA) is 40.6 Å². The van der Waals surface area contributed by atoms with Crippen LogP contribution in [0, 0.1) is 12.7 Å². The molecule has 6 heteroatoms. The Labute approximate surface area is 184 Å². The van der Waals surface area contributed by atoms with Crippen LogP contribution < -0.4 is 4.31 Å². The number of hydrogen-bond acceptors (Lipinski definition) is 3. The largest absolute Gasteiger partial charge is 0.299 e. The first-order valence-electron chi connectivity index (χ1n) is 10.6. The number of anilines is 1. The molecule has 0 unspecified atom stereocenters. The highest BCUT2D eigenvalue weighted by Crippen LogP contribution is 2.31. The summed E-state index contributed by atoms with van der Waals surface area (Å²) in [5.74, 6) is -0.381. The molecule has 3 aromatic rings. The predicted octanol–water partition coefficient (Wildman–Crippen LogP) is 4.99. The van der Waals surface area contributed by atoms with Gasteiger partial charge in [-0.25, -0.2) is 12.8 Å². The summed E-state index contributed by atoms with van der Waals surface area (Å²) in [7, 11) is -3.76. The van der Waals surface area contributed by atoms with Crippen molar-refractivity contribution in [2.24, 2.45) is 0 Å². The lowest BCUT2D eigenvalue weighted by Gasteiger charge is -2.39. The molecule has 162 valence electrons. The third kappa shape index (κ3) is 4.97. The zero-order chi connectivity index (χ0) is 21.8. The van der Waals surface area contributed by atoms with Crippen LogP contribution in [0.3, 0.4) is 0 Å². The molecule has 0 atom stereocenters. The van der Waals surface area contributed by atoms with Gasteiger partial charge in [-0.3, -0.25) is 9.21 Å². The highest BCUT2D eigenvalue weighted by atomic mass is 32.2. The van der Waals surface area contributed by atoms with Gasteiger partial charge in [0.25, 0.3) is 10.0 Å². The molecule has 3 aromatic carbocycles. The fourth-order valence-corrected chi connectivity index (χ4v) is 5.83. The van der Waals surface area contributed by atoms with Crippen molar-refractivity contribution >= 4 is 15.7 Å². The molecule has 0 aromatic heterocycles. The van der Waals surface area contributed by atoms with E-state index in [9.17, 15) is 12.8 Å². The number of nitrogens with zero attached hydrogens (tertiary/aromatic N) is 2. The zero-order valence-corrected chi connectivity index (χ0v) is 18.4. The Morgan fingerprint density at radius 1 is 0.903 bits per heavy atom. The minimum Gasteiger partial charge on any atom is -0.299 e. The molecule has 0 N–H and O–H groups in total. The third-order valence-corrected chi connectivity index (χ3v) is 7.69. The maximum atomic E-state index is 13.5. The van der Waals surface area contributed by atoms with Gasteiger partial charge in [-0.05, 0) is 61.7 Å². The van der Waals surface area contributed by atoms with E-state index in [-0.39, 0.29) is 16.8 Å². The molecule has 0 amide bonds. The van der Waals surface area contributed by atoms with Crippen molar-refractivity contribution < 1.29 is 12.8 Å². The Hall–Kier alpha value is -2.70. The van der Waals surface area contributed by atoms with E-state index >= 15 is 0 Å². The van der Waals surface area contributed by atoms with E-state index in [2.05, 4.69) is 36.1 Å². The summed E-state index contributed by atoms with van der Waals surface area (Å²) in [5.41, 5.74) is 3.00. The highest BCUT2D eigenvalue weighted by molar-refractivity contribution is 7.92. The van der Waals surface area contributed by atoms with Gasteiger partial charge in [0.15, 0.2) is 0 Å². The predicted molar refractivity (Wildman–Crippen MR) is 122 cm³/mol. The van der Waals surface area contributed by atoms with Crippen LogP contribution >= 0.6 is 0 Å². The van der Waals surface area contributed by atoms with Crippen molar-refractivity contribution in [2.75, 3.05) is 17.4 Å². The third-order valence-electron chi connectivity index (χ3n) is 5.80. The summed E-state index contributed by atoms with van der Waals surface area (Å²) in [4.78, 5) is 2.61. The van der Waals surface area contributed by atoms with E-state index < -0.39 is 10.0 Å². The van der Waals surface area contributed by atoms with Crippen molar-refractivity contribution in [1.29, 1.82) is 0 Å². The lowest BCUT2D eigenvalue weighted by atomic mass is 10.0. The SMILES string of the molecule is Cc1ccc(CN2CCC(N(c3ccc(F)cc3)S(=O)(=O)c3ccccc3)CC2)cc1. The molecular weight excluding hydrogens is 411 g/mol. The van der Waals surface area contributed by atoms with Crippen LogP contribution in [-0.4, -0.2) is 32.4 Å². The van der Waals surface area contributed by atoms with E-state index in [1.54, 1.807) is 42.5 Å². The maximum Gasteiger partial charge on any atom is 0.264 e. The van der Waals surface area contributed by atoms with Crippen LogP contribution in [0.15, 0.2) is 83.8 Å². The Balaban J connectivity index is 1.55. The fraction of sp³-hybridized carbons (Fsp3) is 0.280. The quantitative estimate of drug-likeness (QED) is 0.544. The standard InChI is InChI=1S/C25H27FN2O2S/c1-20-7-9-21(10-8-20)19-27-17-15-24(16-18-27)28(23-13-11-22(26)12-14-23)31(29,30)25-5-3-2-4-6-25/h2-14,24H,15-19H2,1H3. The van der Waals surface area contributed by atoms with Gasteiger partial charge in [0.1, 0.15) is 5.82 Å². The first-order valence-corrected chi connectivity index (χ1v) is 12.0. The number of sulfonamides is 1. The van der Waals surface area contributed by atoms with Gasteiger partial charge in [-0.2, -0.15) is 0 Å². The summed E-state index contributed by atoms with van der Waals surface area (Å²) >= 11 is 0. The summed E-state index contributed by atoms with van der Waals surface area (Å²) < 4.78 is 42.1. The van der Waals surface area contributed by atoms with Crippen LogP contribution in [-0.2, 0) is 16.6 Å². The van der Waals surface area contributed by atoms with Gasteiger partial charge < -0.3 is 0 Å². The molecule has 4 nitrogen and oxygen atoms in total. The molecule has 0 aliphatic carbocycles. The molecule has 0 radical (unpaired) electrons. The first kappa shape index (κ1) is 21.5. The van der Waals surface area contributed by atoms with Crippen LogP contribution in [0.5, 0.6) is 0 Å². The number of halogens is 1. The van der Waals surface area contributed by atoms with E-state index in [1.165, 1.54) is 27.6 Å². The van der Waals surface area contributed by atoms with E-state index in [4.69, 9.17) is 0 Å². The van der Waals surface area contributed by atoms with Crippen LogP contribution in [0.1, 0.15) is 24.0 Å². The Kier molecular flexibility index (Phi) is 6.39. The van der Waals surface area contributed by atoms with Gasteiger partial charge >= 0.3 is 0 Å². The van der Waals surface area contributed by atoms with E-state index in [0.29, 0.717) is 5.69 Å². The molecule has 1 saturated heterocycles. The molecule has 31 heavy (non-hydrogen) atoms. The van der Waals surface area contributed by atoms with E-state index in [0.717, 1.165) is 32.5 Å². The number of piperidine rings is 1. The average Bonchev–Trinajstić information content (AvgIpc) is 2.78. The lowest BCUT2D eigenvalue weighted by molar-refractivity contribution is 0.206. The number of likely N-dealkylation sites (tertiary alicyclic amines) is 1. The summed E-state index contributed by atoms with van der Waals surface area (Å²) in [5, 5.41) is 0. The Morgan fingerprint density at radius 3 is 2.13 bits per heavy atom. The summed E-state index contributed by atoms with van der Waals surface area (Å²) in [6, 6.07) is 22.5. The molecule has 0 spiro atoms. The minimum atomic E-state index is -3.76. The van der Waals surface area contributed by atoms with Gasteiger partial charge in [-0.15, -0.1) is 0 Å². The molecule has 4 rings (SSSR count). The van der Waals surface area contributed by atoms with Gasteiger partial charge in [-0.1, -0.05) is 48.0 Å². The smallest absolute Gasteiger partial charge is 0.264 e. The van der Waals surface area contributed by atoms with Gasteiger partial charge in [0.2, 0.25) is 0 Å². The van der Waals surface area contributed by atoms with Crippen LogP contribution in [0.25, 0.3) is 0 Å². The van der Waals surface area contributed by atoms with Crippen molar-refractivity contribution in [3.63, 3.8) is 0 Å². The molecule has 1 aliphatic heterocycles.